The molecule has 0 aromatic heterocycles. The Kier molecular flexibility index (Phi) is 3.99. The maximum Gasteiger partial charge on any atom is 0.321 e. The van der Waals surface area contributed by atoms with Gasteiger partial charge in [0.05, 0.1) is 0 Å². The second-order valence-corrected chi connectivity index (χ2v) is 2.30. The van der Waals surface area contributed by atoms with Crippen molar-refractivity contribution in [3.63, 3.8) is 0 Å². The molecule has 0 aliphatic carbocycles. The minimum atomic E-state index is -0.944. The Morgan fingerprint density at radius 2 is 2.30 bits per heavy atom. The first-order chi connectivity index (χ1) is 4.57. The van der Waals surface area contributed by atoms with Gasteiger partial charge in [-0.05, 0) is 13.6 Å². The number of nitrogens with zero attached hydrogens (tertiary/aromatic N) is 1. The predicted molar refractivity (Wildman–Crippen MR) is 38.8 cm³/mol. The van der Waals surface area contributed by atoms with E-state index in [4.69, 9.17) is 10.8 Å². The zero-order valence-corrected chi connectivity index (χ0v) is 6.37. The lowest BCUT2D eigenvalue weighted by molar-refractivity contribution is -0.138. The molecule has 3 N–H and O–H groups in total. The van der Waals surface area contributed by atoms with Crippen molar-refractivity contribution < 1.29 is 9.90 Å². The molecule has 4 nitrogen and oxygen atoms in total. The third-order valence-electron chi connectivity index (χ3n) is 1.37. The standard InChI is InChI=1S/C6H14N2O2/c1-3-8(2)4-5(7)6(9)10/h5H,3-4,7H2,1-2H3,(H,9,10). The highest BCUT2D eigenvalue weighted by Gasteiger charge is 2.12. The van der Waals surface area contributed by atoms with E-state index in [-0.39, 0.29) is 0 Å². The molecule has 0 heterocycles. The summed E-state index contributed by atoms with van der Waals surface area (Å²) in [6, 6.07) is -0.759. The minimum absolute atomic E-state index is 0.409. The van der Waals surface area contributed by atoms with Gasteiger partial charge in [0, 0.05) is 6.54 Å². The van der Waals surface area contributed by atoms with Gasteiger partial charge in [-0.1, -0.05) is 6.92 Å². The zero-order chi connectivity index (χ0) is 8.15. The lowest BCUT2D eigenvalue weighted by Gasteiger charge is -2.15. The lowest BCUT2D eigenvalue weighted by Crippen LogP contribution is -2.41. The van der Waals surface area contributed by atoms with Gasteiger partial charge < -0.3 is 15.7 Å². The molecule has 60 valence electrons. The molecular formula is C6H14N2O2. The van der Waals surface area contributed by atoms with Crippen LogP contribution in [0.15, 0.2) is 0 Å². The van der Waals surface area contributed by atoms with Crippen LogP contribution >= 0.6 is 0 Å². The number of aliphatic carboxylic acids is 1. The maximum absolute atomic E-state index is 10.2. The number of hydrogen-bond acceptors (Lipinski definition) is 3. The van der Waals surface area contributed by atoms with Crippen LogP contribution in [-0.4, -0.2) is 42.2 Å². The van der Waals surface area contributed by atoms with E-state index in [0.717, 1.165) is 6.54 Å². The number of nitrogens with two attached hydrogens (primary N) is 1. The average Bonchev–Trinajstić information content (AvgIpc) is 1.87. The molecule has 0 fully saturated rings. The first-order valence-corrected chi connectivity index (χ1v) is 3.24. The second-order valence-electron chi connectivity index (χ2n) is 2.30. The van der Waals surface area contributed by atoms with Crippen LogP contribution in [0.5, 0.6) is 0 Å². The fraction of sp³-hybridized carbons (Fsp3) is 0.833. The molecule has 0 saturated heterocycles. The van der Waals surface area contributed by atoms with Crippen molar-refractivity contribution in [3.8, 4) is 0 Å². The van der Waals surface area contributed by atoms with Crippen LogP contribution in [0, 0.1) is 0 Å². The first-order valence-electron chi connectivity index (χ1n) is 3.24. The van der Waals surface area contributed by atoms with E-state index in [0.29, 0.717) is 6.54 Å². The van der Waals surface area contributed by atoms with Crippen molar-refractivity contribution >= 4 is 5.97 Å². The molecule has 1 atom stereocenters. The Bertz CT molecular complexity index is 116. The van der Waals surface area contributed by atoms with E-state index in [1.54, 1.807) is 0 Å². The molecule has 0 amide bonds. The Labute approximate surface area is 60.6 Å². The number of carbonyl (C=O) groups is 1. The van der Waals surface area contributed by atoms with Gasteiger partial charge >= 0.3 is 5.97 Å². The number of carboxylic acids is 1. The fourth-order valence-electron chi connectivity index (χ4n) is 0.543. The first kappa shape index (κ1) is 9.39. The third kappa shape index (κ3) is 3.42. The highest BCUT2D eigenvalue weighted by molar-refractivity contribution is 5.73. The molecule has 0 aromatic rings. The van der Waals surface area contributed by atoms with Crippen LogP contribution in [0.1, 0.15) is 6.92 Å². The third-order valence-corrected chi connectivity index (χ3v) is 1.37. The van der Waals surface area contributed by atoms with Crippen molar-refractivity contribution in [1.29, 1.82) is 0 Å². The number of likely N-dealkylation sites (N-methyl/N-ethyl adjacent to an activating group) is 1. The van der Waals surface area contributed by atoms with Crippen LogP contribution < -0.4 is 5.73 Å². The summed E-state index contributed by atoms with van der Waals surface area (Å²) in [5.74, 6) is -0.944. The average molecular weight is 146 g/mol. The van der Waals surface area contributed by atoms with Gasteiger partial charge in [-0.25, -0.2) is 0 Å². The molecule has 0 aliphatic heterocycles. The fourth-order valence-corrected chi connectivity index (χ4v) is 0.543. The van der Waals surface area contributed by atoms with Crippen LogP contribution in [0.3, 0.4) is 0 Å². The van der Waals surface area contributed by atoms with Gasteiger partial charge in [0.25, 0.3) is 0 Å². The van der Waals surface area contributed by atoms with E-state index in [1.165, 1.54) is 0 Å². The van der Waals surface area contributed by atoms with Crippen LogP contribution in [0.4, 0.5) is 0 Å². The highest BCUT2D eigenvalue weighted by Crippen LogP contribution is 1.84. The predicted octanol–water partition coefficient (Wildman–Crippen LogP) is -0.650. The molecular weight excluding hydrogens is 132 g/mol. The topological polar surface area (TPSA) is 66.6 Å². The largest absolute Gasteiger partial charge is 0.480 e. The van der Waals surface area contributed by atoms with Crippen molar-refractivity contribution in [2.45, 2.75) is 13.0 Å². The maximum atomic E-state index is 10.2. The Morgan fingerprint density at radius 1 is 1.80 bits per heavy atom. The van der Waals surface area contributed by atoms with Gasteiger partial charge in [0.15, 0.2) is 0 Å². The molecule has 4 heteroatoms. The Hall–Kier alpha value is -0.610. The summed E-state index contributed by atoms with van der Waals surface area (Å²) in [7, 11) is 1.84. The van der Waals surface area contributed by atoms with Crippen LogP contribution in [-0.2, 0) is 4.79 Å². The van der Waals surface area contributed by atoms with Crippen molar-refractivity contribution in [3.05, 3.63) is 0 Å². The van der Waals surface area contributed by atoms with Gasteiger partial charge in [0.2, 0.25) is 0 Å². The molecule has 1 unspecified atom stereocenters. The number of hydrogen-bond donors (Lipinski definition) is 2. The summed E-state index contributed by atoms with van der Waals surface area (Å²) in [4.78, 5) is 12.1. The van der Waals surface area contributed by atoms with E-state index >= 15 is 0 Å². The molecule has 0 rings (SSSR count). The normalized spacial score (nSPS) is 13.6. The quantitative estimate of drug-likeness (QED) is 0.553. The second kappa shape index (κ2) is 4.24. The van der Waals surface area contributed by atoms with Crippen molar-refractivity contribution in [2.75, 3.05) is 20.1 Å². The van der Waals surface area contributed by atoms with E-state index in [2.05, 4.69) is 0 Å². The summed E-state index contributed by atoms with van der Waals surface area (Å²) in [6.07, 6.45) is 0. The molecule has 0 aliphatic rings. The minimum Gasteiger partial charge on any atom is -0.480 e. The molecule has 0 aromatic carbocycles. The summed E-state index contributed by atoms with van der Waals surface area (Å²) in [5, 5.41) is 8.37. The van der Waals surface area contributed by atoms with Crippen LogP contribution in [0.2, 0.25) is 0 Å². The van der Waals surface area contributed by atoms with Gasteiger partial charge in [-0.15, -0.1) is 0 Å². The summed E-state index contributed by atoms with van der Waals surface area (Å²) < 4.78 is 0. The molecule has 0 saturated carbocycles. The summed E-state index contributed by atoms with van der Waals surface area (Å²) in [5.41, 5.74) is 5.25. The lowest BCUT2D eigenvalue weighted by atomic mass is 10.3. The molecule has 0 spiro atoms. The molecule has 0 bridgehead atoms. The van der Waals surface area contributed by atoms with Gasteiger partial charge in [-0.3, -0.25) is 4.79 Å². The summed E-state index contributed by atoms with van der Waals surface area (Å²) in [6.45, 7) is 3.18. The van der Waals surface area contributed by atoms with Crippen LogP contribution in [0.25, 0.3) is 0 Å². The van der Waals surface area contributed by atoms with E-state index in [9.17, 15) is 4.79 Å². The van der Waals surface area contributed by atoms with Gasteiger partial charge in [-0.2, -0.15) is 0 Å². The number of carboxylic acid groups (broad SMARTS) is 1. The SMILES string of the molecule is CCN(C)CC(N)C(=O)O. The highest BCUT2D eigenvalue weighted by atomic mass is 16.4. The molecule has 0 radical (unpaired) electrons. The summed E-state index contributed by atoms with van der Waals surface area (Å²) >= 11 is 0. The Balaban J connectivity index is 3.56. The van der Waals surface area contributed by atoms with Gasteiger partial charge in [0.1, 0.15) is 6.04 Å². The molecule has 10 heavy (non-hydrogen) atoms. The smallest absolute Gasteiger partial charge is 0.321 e. The van der Waals surface area contributed by atoms with Crippen molar-refractivity contribution in [1.82, 2.24) is 4.90 Å². The van der Waals surface area contributed by atoms with E-state index in [1.807, 2.05) is 18.9 Å². The Morgan fingerprint density at radius 3 is 2.60 bits per heavy atom. The van der Waals surface area contributed by atoms with Crippen molar-refractivity contribution in [2.24, 2.45) is 5.73 Å². The van der Waals surface area contributed by atoms with E-state index < -0.39 is 12.0 Å². The monoisotopic (exact) mass is 146 g/mol. The number of rotatable bonds is 4. The zero-order valence-electron chi connectivity index (χ0n) is 6.37.